The summed E-state index contributed by atoms with van der Waals surface area (Å²) in [7, 11) is 0. The quantitative estimate of drug-likeness (QED) is 0.763. The highest BCUT2D eigenvalue weighted by molar-refractivity contribution is 5.94. The molecule has 5 heteroatoms. The van der Waals surface area contributed by atoms with Crippen molar-refractivity contribution < 1.29 is 4.79 Å². The lowest BCUT2D eigenvalue weighted by Crippen LogP contribution is -2.45. The highest BCUT2D eigenvalue weighted by Gasteiger charge is 2.27. The molecule has 2 heterocycles. The van der Waals surface area contributed by atoms with Crippen molar-refractivity contribution in [3.8, 4) is 11.3 Å². The third kappa shape index (κ3) is 3.26. The number of nitrogens with one attached hydrogen (secondary N) is 2. The van der Waals surface area contributed by atoms with E-state index in [1.807, 2.05) is 22.9 Å². The third-order valence-electron chi connectivity index (χ3n) is 4.69. The second-order valence-corrected chi connectivity index (χ2v) is 6.82. The van der Waals surface area contributed by atoms with Crippen LogP contribution in [0.1, 0.15) is 33.3 Å². The number of aromatic nitrogens is 2. The van der Waals surface area contributed by atoms with Crippen LogP contribution in [0.3, 0.4) is 0 Å². The summed E-state index contributed by atoms with van der Waals surface area (Å²) in [6.07, 6.45) is -0.0672. The van der Waals surface area contributed by atoms with Crippen LogP contribution < -0.4 is 10.6 Å². The zero-order chi connectivity index (χ0) is 18.1. The Hall–Kier alpha value is -2.92. The van der Waals surface area contributed by atoms with Gasteiger partial charge in [-0.05, 0) is 25.5 Å². The summed E-state index contributed by atoms with van der Waals surface area (Å²) < 4.78 is 1.81. The normalized spacial score (nSPS) is 16.2. The van der Waals surface area contributed by atoms with Gasteiger partial charge in [0.25, 0.3) is 5.91 Å². The highest BCUT2D eigenvalue weighted by atomic mass is 16.2. The van der Waals surface area contributed by atoms with Gasteiger partial charge in [0.15, 0.2) is 0 Å². The summed E-state index contributed by atoms with van der Waals surface area (Å²) in [5.41, 5.74) is 6.08. The van der Waals surface area contributed by atoms with Gasteiger partial charge in [-0.25, -0.2) is 4.68 Å². The molecule has 5 nitrogen and oxygen atoms in total. The molecule has 3 aromatic rings. The first-order valence-corrected chi connectivity index (χ1v) is 8.84. The standard InChI is InChI=1S/C21H22N4O/c1-14-6-8-17(9-7-14)18-11-19-21(26)23-13-20(25(19)24-18)22-12-16-5-3-4-15(2)10-16/h3-11,20,22H,12-13H2,1-2H3,(H,23,26)/t20-/m1/s1. The number of hydrogen-bond acceptors (Lipinski definition) is 3. The molecule has 0 spiro atoms. The molecule has 0 fully saturated rings. The van der Waals surface area contributed by atoms with E-state index in [-0.39, 0.29) is 12.1 Å². The zero-order valence-electron chi connectivity index (χ0n) is 15.0. The molecule has 0 aliphatic carbocycles. The van der Waals surface area contributed by atoms with Crippen LogP contribution >= 0.6 is 0 Å². The predicted molar refractivity (Wildman–Crippen MR) is 102 cm³/mol. The monoisotopic (exact) mass is 346 g/mol. The number of fused-ring (bicyclic) bond motifs is 1. The summed E-state index contributed by atoms with van der Waals surface area (Å²) >= 11 is 0. The molecule has 1 aliphatic rings. The first-order valence-electron chi connectivity index (χ1n) is 8.84. The van der Waals surface area contributed by atoms with Crippen molar-refractivity contribution in [2.45, 2.75) is 26.6 Å². The molecule has 0 saturated carbocycles. The Morgan fingerprint density at radius 3 is 2.69 bits per heavy atom. The van der Waals surface area contributed by atoms with Crippen LogP contribution in [0.4, 0.5) is 0 Å². The first-order chi connectivity index (χ1) is 12.6. The lowest BCUT2D eigenvalue weighted by Gasteiger charge is -2.25. The number of carbonyl (C=O) groups excluding carboxylic acids is 1. The van der Waals surface area contributed by atoms with E-state index in [0.29, 0.717) is 12.2 Å². The molecule has 1 amide bonds. The number of carbonyl (C=O) groups is 1. The summed E-state index contributed by atoms with van der Waals surface area (Å²) in [4.78, 5) is 12.2. The number of amides is 1. The molecular weight excluding hydrogens is 324 g/mol. The summed E-state index contributed by atoms with van der Waals surface area (Å²) in [5.74, 6) is -0.0792. The minimum absolute atomic E-state index is 0.0672. The van der Waals surface area contributed by atoms with Crippen LogP contribution in [0.2, 0.25) is 0 Å². The van der Waals surface area contributed by atoms with Crippen molar-refractivity contribution in [2.24, 2.45) is 0 Å². The molecule has 1 aromatic heterocycles. The Morgan fingerprint density at radius 2 is 1.92 bits per heavy atom. The Kier molecular flexibility index (Phi) is 4.31. The fourth-order valence-electron chi connectivity index (χ4n) is 3.25. The molecule has 1 aliphatic heterocycles. The minimum atomic E-state index is -0.0792. The molecule has 26 heavy (non-hydrogen) atoms. The topological polar surface area (TPSA) is 59.0 Å². The van der Waals surface area contributed by atoms with Crippen molar-refractivity contribution in [1.82, 2.24) is 20.4 Å². The molecule has 0 radical (unpaired) electrons. The van der Waals surface area contributed by atoms with Gasteiger partial charge in [-0.15, -0.1) is 0 Å². The van der Waals surface area contributed by atoms with Gasteiger partial charge in [-0.2, -0.15) is 5.10 Å². The van der Waals surface area contributed by atoms with E-state index in [0.717, 1.165) is 17.8 Å². The van der Waals surface area contributed by atoms with Crippen molar-refractivity contribution in [3.05, 3.63) is 77.0 Å². The van der Waals surface area contributed by atoms with Gasteiger partial charge in [0.1, 0.15) is 11.9 Å². The molecule has 2 aromatic carbocycles. The van der Waals surface area contributed by atoms with Gasteiger partial charge >= 0.3 is 0 Å². The van der Waals surface area contributed by atoms with Crippen LogP contribution in [0.25, 0.3) is 11.3 Å². The molecule has 2 N–H and O–H groups in total. The number of aryl methyl sites for hydroxylation is 2. The molecule has 132 valence electrons. The van der Waals surface area contributed by atoms with Crippen molar-refractivity contribution >= 4 is 5.91 Å². The number of hydrogen-bond donors (Lipinski definition) is 2. The molecule has 4 rings (SSSR count). The maximum atomic E-state index is 12.2. The van der Waals surface area contributed by atoms with Crippen molar-refractivity contribution in [1.29, 1.82) is 0 Å². The molecule has 1 atom stereocenters. The van der Waals surface area contributed by atoms with Crippen LogP contribution in [0, 0.1) is 13.8 Å². The van der Waals surface area contributed by atoms with E-state index in [4.69, 9.17) is 5.10 Å². The molecule has 0 bridgehead atoms. The number of benzene rings is 2. The fraction of sp³-hybridized carbons (Fsp3) is 0.238. The third-order valence-corrected chi connectivity index (χ3v) is 4.69. The summed E-state index contributed by atoms with van der Waals surface area (Å²) in [6, 6.07) is 18.5. The minimum Gasteiger partial charge on any atom is -0.347 e. The average Bonchev–Trinajstić information content (AvgIpc) is 3.08. The number of nitrogens with zero attached hydrogens (tertiary/aromatic N) is 2. The summed E-state index contributed by atoms with van der Waals surface area (Å²) in [6.45, 7) is 5.39. The Labute approximate surface area is 153 Å². The smallest absolute Gasteiger partial charge is 0.269 e. The largest absolute Gasteiger partial charge is 0.347 e. The van der Waals surface area contributed by atoms with Crippen molar-refractivity contribution in [2.75, 3.05) is 6.54 Å². The lowest BCUT2D eigenvalue weighted by molar-refractivity contribution is 0.0900. The second-order valence-electron chi connectivity index (χ2n) is 6.82. The fourth-order valence-corrected chi connectivity index (χ4v) is 3.25. The zero-order valence-corrected chi connectivity index (χ0v) is 15.0. The van der Waals surface area contributed by atoms with Crippen LogP contribution in [0.15, 0.2) is 54.6 Å². The average molecular weight is 346 g/mol. The van der Waals surface area contributed by atoms with E-state index in [9.17, 15) is 4.79 Å². The van der Waals surface area contributed by atoms with Gasteiger partial charge in [-0.1, -0.05) is 59.7 Å². The highest BCUT2D eigenvalue weighted by Crippen LogP contribution is 2.23. The first kappa shape index (κ1) is 16.5. The van der Waals surface area contributed by atoms with E-state index < -0.39 is 0 Å². The van der Waals surface area contributed by atoms with E-state index in [2.05, 4.69) is 60.9 Å². The van der Waals surface area contributed by atoms with Gasteiger partial charge in [0, 0.05) is 12.1 Å². The van der Waals surface area contributed by atoms with E-state index in [1.54, 1.807) is 0 Å². The summed E-state index contributed by atoms with van der Waals surface area (Å²) in [5, 5.41) is 11.2. The predicted octanol–water partition coefficient (Wildman–Crippen LogP) is 3.20. The lowest BCUT2D eigenvalue weighted by atomic mass is 10.1. The van der Waals surface area contributed by atoms with Crippen LogP contribution in [-0.2, 0) is 6.54 Å². The van der Waals surface area contributed by atoms with Crippen LogP contribution in [-0.4, -0.2) is 22.2 Å². The second kappa shape index (κ2) is 6.77. The Morgan fingerprint density at radius 1 is 1.12 bits per heavy atom. The maximum absolute atomic E-state index is 12.2. The van der Waals surface area contributed by atoms with E-state index >= 15 is 0 Å². The van der Waals surface area contributed by atoms with Crippen molar-refractivity contribution in [3.63, 3.8) is 0 Å². The Bertz CT molecular complexity index is 943. The molecule has 0 saturated heterocycles. The molecular formula is C21H22N4O. The van der Waals surface area contributed by atoms with Gasteiger partial charge in [0.05, 0.1) is 12.2 Å². The number of rotatable bonds is 4. The van der Waals surface area contributed by atoms with Gasteiger partial charge < -0.3 is 5.32 Å². The van der Waals surface area contributed by atoms with E-state index in [1.165, 1.54) is 16.7 Å². The van der Waals surface area contributed by atoms with Gasteiger partial charge in [-0.3, -0.25) is 10.1 Å². The SMILES string of the molecule is Cc1ccc(-c2cc3n(n2)[C@@H](NCc2cccc(C)c2)CNC3=O)cc1. The van der Waals surface area contributed by atoms with Crippen LogP contribution in [0.5, 0.6) is 0 Å². The van der Waals surface area contributed by atoms with Gasteiger partial charge in [0.2, 0.25) is 0 Å². The molecule has 0 unspecified atom stereocenters. The maximum Gasteiger partial charge on any atom is 0.269 e. The Balaban J connectivity index is 1.59.